The zero-order valence-electron chi connectivity index (χ0n) is 11.9. The van der Waals surface area contributed by atoms with Crippen LogP contribution >= 0.6 is 0 Å². The summed E-state index contributed by atoms with van der Waals surface area (Å²) < 4.78 is 19.5. The Labute approximate surface area is 114 Å². The van der Waals surface area contributed by atoms with Crippen molar-refractivity contribution in [3.63, 3.8) is 0 Å². The first kappa shape index (κ1) is 14.4. The normalized spacial score (nSPS) is 24.6. The van der Waals surface area contributed by atoms with E-state index in [9.17, 15) is 4.39 Å². The Kier molecular flexibility index (Phi) is 4.91. The van der Waals surface area contributed by atoms with Crippen LogP contribution in [0.15, 0.2) is 18.2 Å². The molecule has 0 spiro atoms. The third-order valence-electron chi connectivity index (χ3n) is 3.83. The van der Waals surface area contributed by atoms with E-state index in [-0.39, 0.29) is 18.0 Å². The molecule has 0 saturated carbocycles. The lowest BCUT2D eigenvalue weighted by Gasteiger charge is -2.41. The molecule has 0 radical (unpaired) electrons. The number of morpholine rings is 1. The molecule has 1 N–H and O–H groups in total. The van der Waals surface area contributed by atoms with E-state index < -0.39 is 0 Å². The molecule has 0 bridgehead atoms. The Morgan fingerprint density at radius 2 is 2.26 bits per heavy atom. The van der Waals surface area contributed by atoms with Gasteiger partial charge in [-0.15, -0.1) is 0 Å². The number of ether oxygens (including phenoxy) is 1. The lowest BCUT2D eigenvalue weighted by molar-refractivity contribution is -0.0689. The van der Waals surface area contributed by atoms with E-state index in [1.807, 2.05) is 20.0 Å². The van der Waals surface area contributed by atoms with Crippen LogP contribution in [0.2, 0.25) is 0 Å². The molecule has 2 atom stereocenters. The highest BCUT2D eigenvalue weighted by atomic mass is 19.1. The zero-order chi connectivity index (χ0) is 13.8. The van der Waals surface area contributed by atoms with E-state index in [4.69, 9.17) is 4.74 Å². The van der Waals surface area contributed by atoms with Gasteiger partial charge in [0.15, 0.2) is 0 Å². The van der Waals surface area contributed by atoms with Crippen molar-refractivity contribution in [3.8, 4) is 0 Å². The van der Waals surface area contributed by atoms with Gasteiger partial charge < -0.3 is 10.1 Å². The molecule has 1 heterocycles. The number of nitrogens with one attached hydrogen (secondary N) is 1. The largest absolute Gasteiger partial charge is 0.374 e. The maximum Gasteiger partial charge on any atom is 0.123 e. The van der Waals surface area contributed by atoms with Crippen molar-refractivity contribution in [3.05, 3.63) is 35.1 Å². The van der Waals surface area contributed by atoms with Crippen LogP contribution in [0.4, 0.5) is 4.39 Å². The quantitative estimate of drug-likeness (QED) is 0.903. The highest BCUT2D eigenvalue weighted by molar-refractivity contribution is 5.31. The zero-order valence-corrected chi connectivity index (χ0v) is 11.9. The number of hydrogen-bond donors (Lipinski definition) is 1. The summed E-state index contributed by atoms with van der Waals surface area (Å²) in [6.45, 7) is 7.54. The highest BCUT2D eigenvalue weighted by Crippen LogP contribution is 2.31. The molecule has 2 unspecified atom stereocenters. The fourth-order valence-corrected chi connectivity index (χ4v) is 2.84. The van der Waals surface area contributed by atoms with E-state index in [0.29, 0.717) is 0 Å². The van der Waals surface area contributed by atoms with Crippen molar-refractivity contribution in [2.45, 2.75) is 26.0 Å². The van der Waals surface area contributed by atoms with Crippen molar-refractivity contribution in [1.82, 2.24) is 10.2 Å². The van der Waals surface area contributed by atoms with Crippen LogP contribution in [0.5, 0.6) is 0 Å². The van der Waals surface area contributed by atoms with Crippen molar-refractivity contribution < 1.29 is 9.13 Å². The molecular formula is C15H23FN2O. The first-order valence-electron chi connectivity index (χ1n) is 6.93. The second kappa shape index (κ2) is 6.46. The van der Waals surface area contributed by atoms with Gasteiger partial charge >= 0.3 is 0 Å². The molecule has 106 valence electrons. The van der Waals surface area contributed by atoms with E-state index in [1.54, 1.807) is 6.07 Å². The first-order chi connectivity index (χ1) is 9.17. The molecule has 1 aliphatic heterocycles. The Hall–Kier alpha value is -0.970. The average Bonchev–Trinajstić information content (AvgIpc) is 2.42. The highest BCUT2D eigenvalue weighted by Gasteiger charge is 2.33. The maximum absolute atomic E-state index is 13.6. The summed E-state index contributed by atoms with van der Waals surface area (Å²) >= 11 is 0. The van der Waals surface area contributed by atoms with Crippen molar-refractivity contribution in [2.24, 2.45) is 0 Å². The van der Waals surface area contributed by atoms with Crippen LogP contribution in [0.1, 0.15) is 24.1 Å². The summed E-state index contributed by atoms with van der Waals surface area (Å²) in [4.78, 5) is 2.37. The molecule has 1 aromatic carbocycles. The van der Waals surface area contributed by atoms with Gasteiger partial charge in [0.05, 0.1) is 18.8 Å². The fraction of sp³-hybridized carbons (Fsp3) is 0.600. The monoisotopic (exact) mass is 266 g/mol. The lowest BCUT2D eigenvalue weighted by atomic mass is 9.94. The van der Waals surface area contributed by atoms with Crippen LogP contribution in [-0.4, -0.2) is 44.3 Å². The number of aryl methyl sites for hydroxylation is 1. The second-order valence-corrected chi connectivity index (χ2v) is 5.04. The van der Waals surface area contributed by atoms with Crippen LogP contribution in [0.3, 0.4) is 0 Å². The van der Waals surface area contributed by atoms with Gasteiger partial charge in [-0.3, -0.25) is 4.90 Å². The third kappa shape index (κ3) is 3.14. The number of halogens is 1. The number of nitrogens with zero attached hydrogens (tertiary/aromatic N) is 1. The minimum Gasteiger partial charge on any atom is -0.374 e. The SMILES string of the molecule is CCN1CCOC(CNC)C1c1cc(F)ccc1C. The first-order valence-corrected chi connectivity index (χ1v) is 6.93. The summed E-state index contributed by atoms with van der Waals surface area (Å²) in [6.07, 6.45) is 0.0687. The summed E-state index contributed by atoms with van der Waals surface area (Å²) in [5.41, 5.74) is 2.17. The molecule has 1 saturated heterocycles. The van der Waals surface area contributed by atoms with E-state index in [0.717, 1.165) is 37.4 Å². The van der Waals surface area contributed by atoms with Gasteiger partial charge in [0.2, 0.25) is 0 Å². The summed E-state index contributed by atoms with van der Waals surface area (Å²) in [7, 11) is 1.92. The smallest absolute Gasteiger partial charge is 0.123 e. The molecule has 19 heavy (non-hydrogen) atoms. The maximum atomic E-state index is 13.6. The fourth-order valence-electron chi connectivity index (χ4n) is 2.84. The van der Waals surface area contributed by atoms with Crippen LogP contribution in [-0.2, 0) is 4.74 Å². The minimum absolute atomic E-state index is 0.0687. The van der Waals surface area contributed by atoms with E-state index in [1.165, 1.54) is 6.07 Å². The molecule has 2 rings (SSSR count). The molecule has 0 aliphatic carbocycles. The van der Waals surface area contributed by atoms with E-state index >= 15 is 0 Å². The van der Waals surface area contributed by atoms with Gasteiger partial charge in [0, 0.05) is 13.1 Å². The Morgan fingerprint density at radius 3 is 2.95 bits per heavy atom. The Morgan fingerprint density at radius 1 is 1.47 bits per heavy atom. The molecule has 1 aromatic rings. The topological polar surface area (TPSA) is 24.5 Å². The van der Waals surface area contributed by atoms with Crippen molar-refractivity contribution in [2.75, 3.05) is 33.3 Å². The number of likely N-dealkylation sites (N-methyl/N-ethyl adjacent to an activating group) is 2. The predicted molar refractivity (Wildman–Crippen MR) is 74.8 cm³/mol. The summed E-state index contributed by atoms with van der Waals surface area (Å²) in [5, 5.41) is 3.17. The van der Waals surface area contributed by atoms with Crippen LogP contribution < -0.4 is 5.32 Å². The molecular weight excluding hydrogens is 243 g/mol. The van der Waals surface area contributed by atoms with Gasteiger partial charge in [-0.05, 0) is 43.8 Å². The number of hydrogen-bond acceptors (Lipinski definition) is 3. The van der Waals surface area contributed by atoms with Crippen LogP contribution in [0, 0.1) is 12.7 Å². The van der Waals surface area contributed by atoms with Gasteiger partial charge in [-0.1, -0.05) is 13.0 Å². The molecule has 0 aromatic heterocycles. The molecule has 1 fully saturated rings. The third-order valence-corrected chi connectivity index (χ3v) is 3.83. The Bertz CT molecular complexity index is 423. The van der Waals surface area contributed by atoms with Gasteiger partial charge in [0.1, 0.15) is 5.82 Å². The van der Waals surface area contributed by atoms with Crippen LogP contribution in [0.25, 0.3) is 0 Å². The summed E-state index contributed by atoms with van der Waals surface area (Å²) in [5.74, 6) is -0.176. The molecule has 0 amide bonds. The minimum atomic E-state index is -0.176. The predicted octanol–water partition coefficient (Wildman–Crippen LogP) is 2.12. The number of benzene rings is 1. The second-order valence-electron chi connectivity index (χ2n) is 5.04. The van der Waals surface area contributed by atoms with Gasteiger partial charge in [0.25, 0.3) is 0 Å². The van der Waals surface area contributed by atoms with Gasteiger partial charge in [-0.25, -0.2) is 4.39 Å². The Balaban J connectivity index is 2.36. The molecule has 1 aliphatic rings. The van der Waals surface area contributed by atoms with Crippen molar-refractivity contribution in [1.29, 1.82) is 0 Å². The number of rotatable bonds is 4. The van der Waals surface area contributed by atoms with Gasteiger partial charge in [-0.2, -0.15) is 0 Å². The molecule has 4 heteroatoms. The van der Waals surface area contributed by atoms with Crippen molar-refractivity contribution >= 4 is 0 Å². The molecule has 3 nitrogen and oxygen atoms in total. The van der Waals surface area contributed by atoms with E-state index in [2.05, 4.69) is 17.1 Å². The summed E-state index contributed by atoms with van der Waals surface area (Å²) in [6, 6.07) is 5.15. The standard InChI is InChI=1S/C15H23FN2O/c1-4-18-7-8-19-14(10-17-3)15(18)13-9-12(16)6-5-11(13)2/h5-6,9,14-15,17H,4,7-8,10H2,1-3H3. The average molecular weight is 266 g/mol. The lowest BCUT2D eigenvalue weighted by Crippen LogP contribution is -2.48.